The third-order valence-electron chi connectivity index (χ3n) is 8.99. The zero-order chi connectivity index (χ0) is 37.4. The molecule has 0 fully saturated rings. The molecule has 16 nitrogen and oxygen atoms in total. The standard InChI is InChI=1S/C13H11N5O.2C13H13N5/c1-2-4-10-8(3-1)9(5-19-10)18-13-11-12(15-6-14-11)16-7-17-13;2*1-9(10-5-3-2-4-6-10)18-13-11-12(15-7-14-11)16-8-17-13/h1-4,6-7,9H,5H2,(H2,14,15,16,17,18);2*2-9H,1H3,(H2,14,15,16,17,18)/t;2*9-/m.10/s1. The van der Waals surface area contributed by atoms with E-state index in [4.69, 9.17) is 4.74 Å². The van der Waals surface area contributed by atoms with Crippen molar-refractivity contribution < 1.29 is 4.74 Å². The molecule has 6 aromatic heterocycles. The van der Waals surface area contributed by atoms with Gasteiger partial charge >= 0.3 is 0 Å². The zero-order valence-corrected chi connectivity index (χ0v) is 29.9. The predicted octanol–water partition coefficient (Wildman–Crippen LogP) is 6.95. The van der Waals surface area contributed by atoms with Crippen molar-refractivity contribution in [3.63, 3.8) is 0 Å². The summed E-state index contributed by atoms with van der Waals surface area (Å²) in [5, 5.41) is 10.1. The number of benzene rings is 3. The van der Waals surface area contributed by atoms with Gasteiger partial charge in [-0.05, 0) is 31.0 Å². The number of fused-ring (bicyclic) bond motifs is 4. The van der Waals surface area contributed by atoms with E-state index in [-0.39, 0.29) is 18.1 Å². The highest BCUT2D eigenvalue weighted by Crippen LogP contribution is 2.34. The molecule has 0 radical (unpaired) electrons. The molecule has 3 aromatic carbocycles. The molecular formula is C39H37N15O. The molecule has 6 N–H and O–H groups in total. The third-order valence-corrected chi connectivity index (χ3v) is 8.99. The molecule has 0 aliphatic carbocycles. The number of hydrogen-bond acceptors (Lipinski definition) is 13. The van der Waals surface area contributed by atoms with Crippen molar-refractivity contribution in [2.24, 2.45) is 0 Å². The number of rotatable bonds is 8. The number of ether oxygens (including phenoxy) is 1. The van der Waals surface area contributed by atoms with Crippen LogP contribution in [0.3, 0.4) is 0 Å². The van der Waals surface area contributed by atoms with Crippen LogP contribution in [-0.4, -0.2) is 66.4 Å². The van der Waals surface area contributed by atoms with E-state index in [0.717, 1.165) is 45.3 Å². The van der Waals surface area contributed by atoms with Crippen molar-refractivity contribution in [1.29, 1.82) is 0 Å². The smallest absolute Gasteiger partial charge is 0.182 e. The summed E-state index contributed by atoms with van der Waals surface area (Å²) in [6, 6.07) is 28.9. The maximum Gasteiger partial charge on any atom is 0.182 e. The van der Waals surface area contributed by atoms with Crippen molar-refractivity contribution in [2.45, 2.75) is 32.0 Å². The van der Waals surface area contributed by atoms with Crippen molar-refractivity contribution >= 4 is 50.9 Å². The lowest BCUT2D eigenvalue weighted by atomic mass is 10.1. The first-order valence-electron chi connectivity index (χ1n) is 17.6. The van der Waals surface area contributed by atoms with Gasteiger partial charge < -0.3 is 35.6 Å². The molecule has 16 heteroatoms. The van der Waals surface area contributed by atoms with Gasteiger partial charge in [-0.15, -0.1) is 0 Å². The topological polar surface area (TPSA) is 209 Å². The highest BCUT2D eigenvalue weighted by atomic mass is 16.5. The van der Waals surface area contributed by atoms with Crippen LogP contribution in [0.25, 0.3) is 33.5 Å². The first-order chi connectivity index (χ1) is 27.1. The lowest BCUT2D eigenvalue weighted by Crippen LogP contribution is -2.13. The summed E-state index contributed by atoms with van der Waals surface area (Å²) in [5.41, 5.74) is 8.05. The van der Waals surface area contributed by atoms with Crippen LogP contribution in [-0.2, 0) is 0 Å². The van der Waals surface area contributed by atoms with E-state index in [9.17, 15) is 0 Å². The minimum absolute atomic E-state index is 0.0950. The SMILES string of the molecule is C[C@@H](Nc1ncnc2nc[nH]c12)c1ccccc1.C[C@H](Nc1ncnc2nc[nH]c12)c1ccccc1.c1ccc2c(c1)OCC2Nc1ncnc2nc[nH]c12. The molecule has 9 aromatic rings. The fourth-order valence-electron chi connectivity index (χ4n) is 6.13. The molecule has 10 rings (SSSR count). The normalized spacial score (nSPS) is 14.1. The fourth-order valence-corrected chi connectivity index (χ4v) is 6.13. The molecular weight excluding hydrogens is 695 g/mol. The van der Waals surface area contributed by atoms with E-state index in [1.165, 1.54) is 30.1 Å². The minimum Gasteiger partial charge on any atom is -0.491 e. The Morgan fingerprint density at radius 1 is 0.527 bits per heavy atom. The molecule has 0 saturated heterocycles. The number of aromatic amines is 3. The Labute approximate surface area is 314 Å². The number of aromatic nitrogens is 12. The summed E-state index contributed by atoms with van der Waals surface area (Å²) in [7, 11) is 0. The zero-order valence-electron chi connectivity index (χ0n) is 29.9. The fraction of sp³-hybridized carbons (Fsp3) is 0.154. The van der Waals surface area contributed by atoms with Crippen molar-refractivity contribution in [3.8, 4) is 5.75 Å². The van der Waals surface area contributed by atoms with E-state index in [1.807, 2.05) is 54.6 Å². The lowest BCUT2D eigenvalue weighted by Gasteiger charge is -2.14. The van der Waals surface area contributed by atoms with Gasteiger partial charge in [-0.1, -0.05) is 78.9 Å². The summed E-state index contributed by atoms with van der Waals surface area (Å²) in [6.45, 7) is 4.79. The first-order valence-corrected chi connectivity index (χ1v) is 17.6. The number of nitrogens with one attached hydrogen (secondary N) is 6. The maximum absolute atomic E-state index is 5.65. The van der Waals surface area contributed by atoms with E-state index in [1.54, 1.807) is 19.0 Å². The quantitative estimate of drug-likeness (QED) is 0.0936. The van der Waals surface area contributed by atoms with Gasteiger partial charge in [0.05, 0.1) is 37.1 Å². The molecule has 1 aliphatic rings. The Kier molecular flexibility index (Phi) is 10.1. The van der Waals surface area contributed by atoms with Gasteiger partial charge in [-0.2, -0.15) is 0 Å². The number of anilines is 3. The summed E-state index contributed by atoms with van der Waals surface area (Å²) < 4.78 is 5.65. The van der Waals surface area contributed by atoms with E-state index < -0.39 is 0 Å². The van der Waals surface area contributed by atoms with E-state index in [0.29, 0.717) is 23.5 Å². The molecule has 7 heterocycles. The average Bonchev–Trinajstić information content (AvgIpc) is 4.07. The maximum atomic E-state index is 5.65. The molecule has 0 amide bonds. The average molecular weight is 732 g/mol. The van der Waals surface area contributed by atoms with Gasteiger partial charge in [-0.25, -0.2) is 44.9 Å². The van der Waals surface area contributed by atoms with E-state index >= 15 is 0 Å². The molecule has 0 bridgehead atoms. The Balaban J connectivity index is 0.000000117. The van der Waals surface area contributed by atoms with Crippen molar-refractivity contribution in [3.05, 3.63) is 140 Å². The second kappa shape index (κ2) is 16.0. The second-order valence-corrected chi connectivity index (χ2v) is 12.6. The largest absolute Gasteiger partial charge is 0.491 e. The molecule has 1 aliphatic heterocycles. The van der Waals surface area contributed by atoms with Crippen LogP contribution in [0.2, 0.25) is 0 Å². The third kappa shape index (κ3) is 7.83. The Hall–Kier alpha value is -7.49. The molecule has 55 heavy (non-hydrogen) atoms. The molecule has 0 spiro atoms. The number of H-pyrrole nitrogens is 3. The highest BCUT2D eigenvalue weighted by Gasteiger charge is 2.24. The van der Waals surface area contributed by atoms with E-state index in [2.05, 4.69) is 120 Å². The Morgan fingerprint density at radius 2 is 0.964 bits per heavy atom. The summed E-state index contributed by atoms with van der Waals surface area (Å²) >= 11 is 0. The van der Waals surface area contributed by atoms with Crippen LogP contribution in [0.1, 0.15) is 48.7 Å². The van der Waals surface area contributed by atoms with Crippen LogP contribution in [0.15, 0.2) is 123 Å². The molecule has 274 valence electrons. The number of imidazole rings is 3. The number of hydrogen-bond donors (Lipinski definition) is 6. The van der Waals surface area contributed by atoms with Crippen LogP contribution < -0.4 is 20.7 Å². The van der Waals surface area contributed by atoms with Crippen LogP contribution in [0.5, 0.6) is 5.75 Å². The van der Waals surface area contributed by atoms with Gasteiger partial charge in [0.2, 0.25) is 0 Å². The Bertz CT molecular complexity index is 2490. The molecule has 0 saturated carbocycles. The summed E-state index contributed by atoms with van der Waals surface area (Å²) in [4.78, 5) is 46.5. The van der Waals surface area contributed by atoms with Gasteiger partial charge in [0.1, 0.15) is 47.9 Å². The molecule has 1 unspecified atom stereocenters. The predicted molar refractivity (Wildman–Crippen MR) is 210 cm³/mol. The van der Waals surface area contributed by atoms with Crippen LogP contribution in [0.4, 0.5) is 17.5 Å². The van der Waals surface area contributed by atoms with Crippen molar-refractivity contribution in [2.75, 3.05) is 22.6 Å². The Morgan fingerprint density at radius 3 is 1.47 bits per heavy atom. The van der Waals surface area contributed by atoms with Gasteiger partial charge in [0, 0.05) is 5.56 Å². The monoisotopic (exact) mass is 731 g/mol. The summed E-state index contributed by atoms with van der Waals surface area (Å²) in [6.07, 6.45) is 9.40. The van der Waals surface area contributed by atoms with Crippen LogP contribution in [0, 0.1) is 0 Å². The van der Waals surface area contributed by atoms with Gasteiger partial charge in [0.25, 0.3) is 0 Å². The highest BCUT2D eigenvalue weighted by molar-refractivity contribution is 5.83. The number of para-hydroxylation sites is 1. The van der Waals surface area contributed by atoms with Crippen molar-refractivity contribution in [1.82, 2.24) is 59.8 Å². The minimum atomic E-state index is 0.0950. The molecule has 3 atom stereocenters. The lowest BCUT2D eigenvalue weighted by molar-refractivity contribution is 0.339. The van der Waals surface area contributed by atoms with Gasteiger partial charge in [0.15, 0.2) is 34.4 Å². The first kappa shape index (κ1) is 34.6. The second-order valence-electron chi connectivity index (χ2n) is 12.6. The number of nitrogens with zero attached hydrogens (tertiary/aromatic N) is 9. The summed E-state index contributed by atoms with van der Waals surface area (Å²) in [5.74, 6) is 3.21. The van der Waals surface area contributed by atoms with Crippen LogP contribution >= 0.6 is 0 Å². The van der Waals surface area contributed by atoms with Gasteiger partial charge in [-0.3, -0.25) is 0 Å².